The van der Waals surface area contributed by atoms with E-state index in [-0.39, 0.29) is 52.5 Å². The molecular weight excluding hydrogens is 370 g/mol. The van der Waals surface area contributed by atoms with Crippen LogP contribution in [-0.4, -0.2) is 120 Å². The zero-order chi connectivity index (χ0) is 20.5. The van der Waals surface area contributed by atoms with E-state index >= 15 is 0 Å². The number of carboxylic acids is 3. The van der Waals surface area contributed by atoms with Crippen LogP contribution in [0, 0.1) is 0 Å². The lowest BCUT2D eigenvalue weighted by atomic mass is 10.4. The molecule has 4 N–H and O–H groups in total. The summed E-state index contributed by atoms with van der Waals surface area (Å²) in [5.74, 6) is -3.40. The summed E-state index contributed by atoms with van der Waals surface area (Å²) >= 11 is 0. The molecule has 0 rings (SSSR count). The summed E-state index contributed by atoms with van der Waals surface area (Å²) in [6.45, 7) is -0.359. The van der Waals surface area contributed by atoms with Crippen molar-refractivity contribution in [2.75, 3.05) is 65.6 Å². The maximum absolute atomic E-state index is 10.9. The Balaban J connectivity index is 4.26. The van der Waals surface area contributed by atoms with Crippen LogP contribution in [0.25, 0.3) is 0 Å². The number of aliphatic carboxylic acids is 3. The molecule has 0 fully saturated rings. The van der Waals surface area contributed by atoms with E-state index in [9.17, 15) is 14.4 Å². The van der Waals surface area contributed by atoms with Crippen molar-refractivity contribution in [2.45, 2.75) is 0 Å². The Morgan fingerprint density at radius 1 is 0.815 bits per heavy atom. The summed E-state index contributed by atoms with van der Waals surface area (Å²) in [5.41, 5.74) is 0. The van der Waals surface area contributed by atoms with Crippen LogP contribution in [0.3, 0.4) is 0 Å². The van der Waals surface area contributed by atoms with Gasteiger partial charge in [0.2, 0.25) is 0 Å². The van der Waals surface area contributed by atoms with Crippen LogP contribution in [0.2, 0.25) is 0 Å². The summed E-state index contributed by atoms with van der Waals surface area (Å²) in [4.78, 5) is 52.3. The van der Waals surface area contributed by atoms with Gasteiger partial charge in [0.25, 0.3) is 0 Å². The fraction of sp³-hybridized carbons (Fsp3) is 0.714. The number of carbonyl (C=O) groups is 3. The lowest BCUT2D eigenvalue weighted by molar-refractivity contribution is -0.316. The fourth-order valence-corrected chi connectivity index (χ4v) is 1.89. The second-order valence-corrected chi connectivity index (χ2v) is 5.20. The van der Waals surface area contributed by atoms with Crippen molar-refractivity contribution in [2.24, 2.45) is 4.99 Å². The van der Waals surface area contributed by atoms with Crippen molar-refractivity contribution in [1.29, 1.82) is 0 Å². The minimum absolute atomic E-state index is 0.0396. The van der Waals surface area contributed by atoms with E-state index in [4.69, 9.17) is 25.5 Å². The molecule has 0 aliphatic carbocycles. The summed E-state index contributed by atoms with van der Waals surface area (Å²) in [6, 6.07) is 0. The van der Waals surface area contributed by atoms with Crippen LogP contribution in [-0.2, 0) is 29.0 Å². The van der Waals surface area contributed by atoms with Crippen molar-refractivity contribution in [3.05, 3.63) is 0 Å². The molecule has 0 aliphatic rings. The van der Waals surface area contributed by atoms with Crippen LogP contribution < -0.4 is 0 Å². The molecule has 0 aromatic rings. The number of rotatable bonds is 18. The maximum Gasteiger partial charge on any atom is 0.317 e. The van der Waals surface area contributed by atoms with Crippen molar-refractivity contribution < 1.29 is 49.6 Å². The van der Waals surface area contributed by atoms with Crippen molar-refractivity contribution >= 4 is 24.1 Å². The molecule has 156 valence electrons. The van der Waals surface area contributed by atoms with Crippen molar-refractivity contribution in [3.63, 3.8) is 0 Å². The van der Waals surface area contributed by atoms with E-state index in [1.807, 2.05) is 0 Å². The van der Waals surface area contributed by atoms with E-state index in [0.29, 0.717) is 0 Å². The third-order valence-corrected chi connectivity index (χ3v) is 2.97. The summed E-state index contributed by atoms with van der Waals surface area (Å²) in [6.07, 6.45) is 1.42. The van der Waals surface area contributed by atoms with Crippen LogP contribution in [0.4, 0.5) is 0 Å². The van der Waals surface area contributed by atoms with Gasteiger partial charge < -0.3 is 15.3 Å². The van der Waals surface area contributed by atoms with Gasteiger partial charge in [0, 0.05) is 25.8 Å². The average Bonchev–Trinajstić information content (AvgIpc) is 2.56. The molecule has 0 heterocycles. The third-order valence-electron chi connectivity index (χ3n) is 2.97. The maximum atomic E-state index is 10.9. The fourth-order valence-electron chi connectivity index (χ4n) is 1.89. The van der Waals surface area contributed by atoms with Gasteiger partial charge in [0.05, 0.1) is 26.2 Å². The first-order valence-electron chi connectivity index (χ1n) is 7.94. The normalized spacial score (nSPS) is 11.5. The third kappa shape index (κ3) is 17.0. The van der Waals surface area contributed by atoms with E-state index in [2.05, 4.69) is 14.8 Å². The number of carboxylic acid groups (broad SMARTS) is 3. The van der Waals surface area contributed by atoms with Crippen LogP contribution >= 0.6 is 0 Å². The molecule has 0 radical (unpaired) electrons. The van der Waals surface area contributed by atoms with Gasteiger partial charge in [-0.2, -0.15) is 0 Å². The minimum atomic E-state index is -1.17. The molecule has 13 nitrogen and oxygen atoms in total. The molecule has 0 aliphatic heterocycles. The molecule has 27 heavy (non-hydrogen) atoms. The zero-order valence-corrected chi connectivity index (χ0v) is 14.7. The predicted molar refractivity (Wildman–Crippen MR) is 89.6 cm³/mol. The Hall–Kier alpha value is -2.16. The molecular formula is C14H25N3O10. The molecule has 0 saturated heterocycles. The Bertz CT molecular complexity index is 458. The molecule has 0 atom stereocenters. The summed E-state index contributed by atoms with van der Waals surface area (Å²) in [5, 5.41) is 34.6. The number of hydrogen-bond donors (Lipinski definition) is 4. The molecule has 0 aromatic heterocycles. The standard InChI is InChI=1S/C14H25N3O10/c18-12(19)9-16(3-1-15-2-6-26-27-8-7-25-24)4-5-17(10-13(20)21)11-14(22)23/h2,24H,1,3-11H2,(H,18,19)(H,20,21)(H,22,23). The predicted octanol–water partition coefficient (Wildman–Crippen LogP) is -1.65. The SMILES string of the molecule is O=C(O)CN(CCN=CCOOCCOO)CCN(CC(=O)O)CC(=O)O. The number of nitrogens with zero attached hydrogens (tertiary/aromatic N) is 3. The van der Waals surface area contributed by atoms with E-state index in [1.165, 1.54) is 16.0 Å². The molecule has 0 unspecified atom stereocenters. The highest BCUT2D eigenvalue weighted by molar-refractivity contribution is 5.72. The second kappa shape index (κ2) is 16.0. The van der Waals surface area contributed by atoms with Crippen LogP contribution in [0.15, 0.2) is 4.99 Å². The van der Waals surface area contributed by atoms with Gasteiger partial charge in [-0.05, 0) is 0 Å². The molecule has 0 bridgehead atoms. The van der Waals surface area contributed by atoms with E-state index < -0.39 is 31.0 Å². The molecule has 0 spiro atoms. The monoisotopic (exact) mass is 395 g/mol. The van der Waals surface area contributed by atoms with Crippen LogP contribution in [0.5, 0.6) is 0 Å². The van der Waals surface area contributed by atoms with Gasteiger partial charge in [-0.1, -0.05) is 0 Å². The highest BCUT2D eigenvalue weighted by Crippen LogP contribution is 1.94. The van der Waals surface area contributed by atoms with Crippen LogP contribution in [0.1, 0.15) is 0 Å². The Labute approximate surface area is 155 Å². The summed E-state index contributed by atoms with van der Waals surface area (Å²) < 4.78 is 0. The first-order chi connectivity index (χ1) is 12.8. The van der Waals surface area contributed by atoms with Gasteiger partial charge in [0.15, 0.2) is 0 Å². The zero-order valence-electron chi connectivity index (χ0n) is 14.7. The Morgan fingerprint density at radius 2 is 1.37 bits per heavy atom. The van der Waals surface area contributed by atoms with Gasteiger partial charge in [0.1, 0.15) is 19.8 Å². The van der Waals surface area contributed by atoms with Gasteiger partial charge in [-0.25, -0.2) is 14.7 Å². The highest BCUT2D eigenvalue weighted by Gasteiger charge is 2.16. The molecule has 0 saturated carbocycles. The minimum Gasteiger partial charge on any atom is -0.480 e. The van der Waals surface area contributed by atoms with E-state index in [1.54, 1.807) is 0 Å². The quantitative estimate of drug-likeness (QED) is 0.0900. The Morgan fingerprint density at radius 3 is 1.93 bits per heavy atom. The summed E-state index contributed by atoms with van der Waals surface area (Å²) in [7, 11) is 0. The highest BCUT2D eigenvalue weighted by atomic mass is 17.2. The Kier molecular flexibility index (Phi) is 14.8. The largest absolute Gasteiger partial charge is 0.480 e. The van der Waals surface area contributed by atoms with Gasteiger partial charge >= 0.3 is 17.9 Å². The smallest absolute Gasteiger partial charge is 0.317 e. The first-order valence-corrected chi connectivity index (χ1v) is 7.94. The lowest BCUT2D eigenvalue weighted by Crippen LogP contribution is -2.42. The molecule has 0 aromatic carbocycles. The van der Waals surface area contributed by atoms with Crippen molar-refractivity contribution in [1.82, 2.24) is 9.80 Å². The lowest BCUT2D eigenvalue weighted by Gasteiger charge is -2.24. The molecule has 13 heteroatoms. The molecule has 0 amide bonds. The average molecular weight is 395 g/mol. The number of aliphatic imine (C=N–C) groups is 1. The van der Waals surface area contributed by atoms with Crippen molar-refractivity contribution in [3.8, 4) is 0 Å². The number of hydrogen-bond acceptors (Lipinski definition) is 10. The van der Waals surface area contributed by atoms with Gasteiger partial charge in [-0.15, -0.1) is 0 Å². The first kappa shape index (κ1) is 24.8. The van der Waals surface area contributed by atoms with E-state index in [0.717, 1.165) is 0 Å². The second-order valence-electron chi connectivity index (χ2n) is 5.20. The van der Waals surface area contributed by atoms with Gasteiger partial charge in [-0.3, -0.25) is 34.4 Å². The topological polar surface area (TPSA) is 179 Å².